The summed E-state index contributed by atoms with van der Waals surface area (Å²) in [6.45, 7) is 5.44. The van der Waals surface area contributed by atoms with Crippen molar-refractivity contribution in [2.24, 2.45) is 5.92 Å². The number of piperidine rings is 1. The maximum Gasteiger partial charge on any atom is 0.290 e. The Labute approximate surface area is 207 Å². The van der Waals surface area contributed by atoms with Gasteiger partial charge in [0, 0.05) is 25.8 Å². The molecule has 0 atom stereocenters. The van der Waals surface area contributed by atoms with Gasteiger partial charge in [-0.15, -0.1) is 0 Å². The molecule has 0 aliphatic carbocycles. The SMILES string of the molecule is Cc1cc(CNCC2CCN(c3nccc(/C=C4/SC(=O)NC4=O)n3)CC2)nc(-c2ccco2)c1. The highest BCUT2D eigenvalue weighted by molar-refractivity contribution is 8.18. The minimum Gasteiger partial charge on any atom is -0.463 e. The number of aromatic nitrogens is 3. The molecule has 9 nitrogen and oxygen atoms in total. The quantitative estimate of drug-likeness (QED) is 0.478. The van der Waals surface area contributed by atoms with Crippen molar-refractivity contribution in [3.8, 4) is 11.5 Å². The van der Waals surface area contributed by atoms with Gasteiger partial charge in [-0.25, -0.2) is 15.0 Å². The van der Waals surface area contributed by atoms with Gasteiger partial charge in [0.25, 0.3) is 11.1 Å². The molecule has 2 N–H and O–H groups in total. The summed E-state index contributed by atoms with van der Waals surface area (Å²) in [4.78, 5) is 39.4. The fourth-order valence-corrected chi connectivity index (χ4v) is 4.94. The lowest BCUT2D eigenvalue weighted by molar-refractivity contribution is -0.115. The van der Waals surface area contributed by atoms with Crippen LogP contribution in [-0.2, 0) is 11.3 Å². The van der Waals surface area contributed by atoms with Crippen LogP contribution in [0.5, 0.6) is 0 Å². The van der Waals surface area contributed by atoms with Crippen molar-refractivity contribution < 1.29 is 14.0 Å². The average Bonchev–Trinajstić information content (AvgIpc) is 3.49. The molecule has 0 bridgehead atoms. The Balaban J connectivity index is 1.12. The molecule has 5 heterocycles. The number of carbonyl (C=O) groups is 2. The van der Waals surface area contributed by atoms with Crippen LogP contribution >= 0.6 is 11.8 Å². The first-order valence-electron chi connectivity index (χ1n) is 11.6. The first kappa shape index (κ1) is 23.3. The first-order valence-corrected chi connectivity index (χ1v) is 12.4. The molecule has 0 spiro atoms. The number of imide groups is 1. The van der Waals surface area contributed by atoms with E-state index in [2.05, 4.69) is 38.5 Å². The summed E-state index contributed by atoms with van der Waals surface area (Å²) >= 11 is 0.888. The number of carbonyl (C=O) groups excluding carboxylic acids is 2. The summed E-state index contributed by atoms with van der Waals surface area (Å²) in [5.41, 5.74) is 3.64. The molecule has 0 radical (unpaired) electrons. The number of anilines is 1. The average molecular weight is 491 g/mol. The molecule has 2 saturated heterocycles. The van der Waals surface area contributed by atoms with E-state index >= 15 is 0 Å². The Hall–Kier alpha value is -3.50. The van der Waals surface area contributed by atoms with E-state index in [1.165, 1.54) is 0 Å². The summed E-state index contributed by atoms with van der Waals surface area (Å²) in [7, 11) is 0. The van der Waals surface area contributed by atoms with Gasteiger partial charge in [0.05, 0.1) is 22.6 Å². The van der Waals surface area contributed by atoms with Crippen molar-refractivity contribution in [3.63, 3.8) is 0 Å². The number of hydrogen-bond donors (Lipinski definition) is 2. The van der Waals surface area contributed by atoms with Crippen LogP contribution < -0.4 is 15.5 Å². The lowest BCUT2D eigenvalue weighted by Crippen LogP contribution is -2.38. The van der Waals surface area contributed by atoms with Crippen molar-refractivity contribution in [1.29, 1.82) is 0 Å². The highest BCUT2D eigenvalue weighted by Gasteiger charge is 2.25. The number of nitrogens with one attached hydrogen (secondary N) is 2. The molecule has 2 aliphatic heterocycles. The zero-order chi connectivity index (χ0) is 24.2. The Morgan fingerprint density at radius 2 is 2.09 bits per heavy atom. The van der Waals surface area contributed by atoms with E-state index in [1.807, 2.05) is 18.2 Å². The number of rotatable bonds is 7. The highest BCUT2D eigenvalue weighted by Crippen LogP contribution is 2.26. The second kappa shape index (κ2) is 10.4. The maximum atomic E-state index is 11.8. The molecule has 0 aromatic carbocycles. The number of thioether (sulfide) groups is 1. The molecule has 0 saturated carbocycles. The van der Waals surface area contributed by atoms with Crippen molar-refractivity contribution >= 4 is 34.9 Å². The molecule has 2 aliphatic rings. The van der Waals surface area contributed by atoms with E-state index in [9.17, 15) is 9.59 Å². The molecule has 3 aromatic heterocycles. The molecule has 5 rings (SSSR count). The maximum absolute atomic E-state index is 11.8. The summed E-state index contributed by atoms with van der Waals surface area (Å²) in [5, 5.41) is 5.46. The molecular formula is C25H26N6O3S. The Morgan fingerprint density at radius 3 is 2.83 bits per heavy atom. The molecule has 2 fully saturated rings. The van der Waals surface area contributed by atoms with E-state index in [0.29, 0.717) is 29.0 Å². The van der Waals surface area contributed by atoms with Crippen LogP contribution in [0, 0.1) is 12.8 Å². The first-order chi connectivity index (χ1) is 17.0. The summed E-state index contributed by atoms with van der Waals surface area (Å²) in [5.74, 6) is 1.61. The van der Waals surface area contributed by atoms with Crippen molar-refractivity contribution in [2.75, 3.05) is 24.5 Å². The number of aryl methyl sites for hydroxylation is 1. The van der Waals surface area contributed by atoms with Crippen LogP contribution in [0.3, 0.4) is 0 Å². The van der Waals surface area contributed by atoms with Gasteiger partial charge in [-0.05, 0) is 86.0 Å². The molecule has 180 valence electrons. The van der Waals surface area contributed by atoms with E-state index in [4.69, 9.17) is 9.40 Å². The normalized spacial score (nSPS) is 17.9. The predicted octanol–water partition coefficient (Wildman–Crippen LogP) is 3.77. The van der Waals surface area contributed by atoms with Crippen molar-refractivity contribution in [2.45, 2.75) is 26.3 Å². The highest BCUT2D eigenvalue weighted by atomic mass is 32.2. The number of amides is 2. The van der Waals surface area contributed by atoms with Gasteiger partial charge < -0.3 is 14.6 Å². The number of nitrogens with zero attached hydrogens (tertiary/aromatic N) is 4. The van der Waals surface area contributed by atoms with Gasteiger partial charge in [-0.3, -0.25) is 14.9 Å². The van der Waals surface area contributed by atoms with Gasteiger partial charge in [-0.2, -0.15) is 0 Å². The predicted molar refractivity (Wildman–Crippen MR) is 134 cm³/mol. The fourth-order valence-electron chi connectivity index (χ4n) is 4.27. The molecule has 2 amide bonds. The van der Waals surface area contributed by atoms with Crippen LogP contribution in [0.1, 0.15) is 29.8 Å². The van der Waals surface area contributed by atoms with Crippen molar-refractivity contribution in [1.82, 2.24) is 25.6 Å². The minimum absolute atomic E-state index is 0.351. The van der Waals surface area contributed by atoms with Gasteiger partial charge in [-0.1, -0.05) is 0 Å². The van der Waals surface area contributed by atoms with Gasteiger partial charge in [0.2, 0.25) is 5.95 Å². The number of hydrogen-bond acceptors (Lipinski definition) is 9. The van der Waals surface area contributed by atoms with E-state index in [0.717, 1.165) is 66.9 Å². The topological polar surface area (TPSA) is 113 Å². The Kier molecular flexibility index (Phi) is 6.91. The Morgan fingerprint density at radius 1 is 1.23 bits per heavy atom. The lowest BCUT2D eigenvalue weighted by atomic mass is 9.97. The van der Waals surface area contributed by atoms with Crippen LogP contribution in [0.25, 0.3) is 17.5 Å². The summed E-state index contributed by atoms with van der Waals surface area (Å²) in [6.07, 6.45) is 7.05. The summed E-state index contributed by atoms with van der Waals surface area (Å²) in [6, 6.07) is 9.67. The van der Waals surface area contributed by atoms with Gasteiger partial charge in [0.1, 0.15) is 5.69 Å². The Bertz CT molecular complexity index is 1250. The van der Waals surface area contributed by atoms with Crippen LogP contribution in [0.15, 0.2) is 52.1 Å². The molecule has 0 unspecified atom stereocenters. The second-order valence-electron chi connectivity index (χ2n) is 8.69. The number of pyridine rings is 1. The second-order valence-corrected chi connectivity index (χ2v) is 9.71. The van der Waals surface area contributed by atoms with E-state index in [-0.39, 0.29) is 11.1 Å². The minimum atomic E-state index is -0.383. The standard InChI is InChI=1S/C25H26N6O3S/c1-16-11-19(28-20(12-16)21-3-2-10-34-21)15-26-14-17-5-8-31(9-6-17)24-27-7-4-18(29-24)13-22-23(32)30-25(33)35-22/h2-4,7,10-13,17,26H,5-6,8-9,14-15H2,1H3,(H,30,32,33)/b22-13+. The van der Waals surface area contributed by atoms with Crippen LogP contribution in [-0.4, -0.2) is 45.7 Å². The summed E-state index contributed by atoms with van der Waals surface area (Å²) < 4.78 is 5.49. The van der Waals surface area contributed by atoms with Crippen molar-refractivity contribution in [3.05, 3.63) is 64.6 Å². The fraction of sp³-hybridized carbons (Fsp3) is 0.320. The zero-order valence-corrected chi connectivity index (χ0v) is 20.2. The van der Waals surface area contributed by atoms with Gasteiger partial charge in [0.15, 0.2) is 5.76 Å². The lowest BCUT2D eigenvalue weighted by Gasteiger charge is -2.32. The number of furan rings is 1. The van der Waals surface area contributed by atoms with E-state index < -0.39 is 0 Å². The van der Waals surface area contributed by atoms with Gasteiger partial charge >= 0.3 is 0 Å². The molecule has 35 heavy (non-hydrogen) atoms. The molecular weight excluding hydrogens is 464 g/mol. The third-order valence-corrected chi connectivity index (χ3v) is 6.83. The van der Waals surface area contributed by atoms with E-state index in [1.54, 1.807) is 24.6 Å². The van der Waals surface area contributed by atoms with Crippen LogP contribution in [0.2, 0.25) is 0 Å². The largest absolute Gasteiger partial charge is 0.463 e. The molecule has 3 aromatic rings. The monoisotopic (exact) mass is 490 g/mol. The third kappa shape index (κ3) is 5.77. The smallest absolute Gasteiger partial charge is 0.290 e. The molecule has 10 heteroatoms. The van der Waals surface area contributed by atoms with Crippen LogP contribution in [0.4, 0.5) is 10.7 Å². The third-order valence-electron chi connectivity index (χ3n) is 6.02. The zero-order valence-electron chi connectivity index (χ0n) is 19.4.